The fourth-order valence-corrected chi connectivity index (χ4v) is 12.0. The molecule has 0 fully saturated rings. The van der Waals surface area contributed by atoms with Crippen LogP contribution in [0.2, 0.25) is 0 Å². The molecule has 8 bridgehead atoms. The molecule has 7 aromatic carbocycles. The second kappa shape index (κ2) is 15.7. The average molecular weight is 873 g/mol. The summed E-state index contributed by atoms with van der Waals surface area (Å²) in [4.78, 5) is 1.93. The Kier molecular flexibility index (Phi) is 9.23. The third-order valence-corrected chi connectivity index (χ3v) is 14.7. The van der Waals surface area contributed by atoms with E-state index in [9.17, 15) is 0 Å². The lowest BCUT2D eigenvalue weighted by Crippen LogP contribution is -3.01. The van der Waals surface area contributed by atoms with E-state index in [-0.39, 0.29) is 11.8 Å². The second-order valence-corrected chi connectivity index (χ2v) is 18.2. The van der Waals surface area contributed by atoms with Crippen molar-refractivity contribution in [1.82, 2.24) is 0 Å². The Morgan fingerprint density at radius 3 is 1.31 bits per heavy atom. The van der Waals surface area contributed by atoms with Gasteiger partial charge in [-0.15, -0.1) is 14.1 Å². The van der Waals surface area contributed by atoms with E-state index in [0.717, 1.165) is 133 Å². The fourth-order valence-electron chi connectivity index (χ4n) is 12.0. The molecule has 4 aliphatic heterocycles. The lowest BCUT2D eigenvalue weighted by Gasteiger charge is -2.29. The Hall–Kier alpha value is -8.28. The molecule has 2 aliphatic carbocycles. The minimum atomic E-state index is -0.0326. The van der Waals surface area contributed by atoms with Gasteiger partial charge in [-0.1, -0.05) is 194 Å². The molecular formula is C64H48N4. The van der Waals surface area contributed by atoms with Crippen molar-refractivity contribution in [2.75, 3.05) is 0 Å². The smallest absolute Gasteiger partial charge is 0.126 e. The SMILES string of the molecule is [CH2-][N+]1=C2C(c3ccccc3)=C3c4ccccc4C(=C(c4ccccc4)C4=[N+]([CH2-])C(=C(c5ccccc5)C5=c6ccccc6=C(C(c6ccccc6)=C1c1ccccc12)[NH+]5[CH2-])C1C=CC=CC41)[NH+]3[CH2-]. The van der Waals surface area contributed by atoms with E-state index in [1.54, 1.807) is 0 Å². The van der Waals surface area contributed by atoms with Crippen LogP contribution in [0.1, 0.15) is 44.5 Å². The maximum Gasteiger partial charge on any atom is 0.126 e. The monoisotopic (exact) mass is 872 g/mol. The van der Waals surface area contributed by atoms with Gasteiger partial charge in [0.05, 0.1) is 22.3 Å². The molecule has 0 aromatic heterocycles. The van der Waals surface area contributed by atoms with Gasteiger partial charge in [0.15, 0.2) is 0 Å². The molecule has 324 valence electrons. The zero-order valence-corrected chi connectivity index (χ0v) is 37.7. The van der Waals surface area contributed by atoms with Crippen LogP contribution in [0.25, 0.3) is 50.8 Å². The standard InChI is InChI=1S/C64H48N4/c1-65-57-45-33-17-18-34-46(45)58(65)54(42-27-11-6-12-28-42)60-48-36-20-22-38-50(48)62(67(60)3)56(44-31-15-8-16-32-44)64-52-40-24-23-39-51(52)63(68(64)4)55(43-29-13-7-14-30-43)61-49-37-21-19-35-47(49)59(66(61)2)53(57)41-25-9-5-10-26-41/h5-40,45-46,66-67H,1-4H2. The summed E-state index contributed by atoms with van der Waals surface area (Å²) in [5.74, 6) is -0.0653. The van der Waals surface area contributed by atoms with Crippen LogP contribution in [0, 0.1) is 40.0 Å². The summed E-state index contributed by atoms with van der Waals surface area (Å²) in [5.41, 5.74) is 22.1. The molecule has 0 amide bonds. The predicted molar refractivity (Wildman–Crippen MR) is 277 cm³/mol. The molecule has 4 heterocycles. The van der Waals surface area contributed by atoms with Crippen molar-refractivity contribution < 1.29 is 19.0 Å². The van der Waals surface area contributed by atoms with Crippen LogP contribution in [-0.2, 0) is 0 Å². The molecule has 6 aliphatic rings. The van der Waals surface area contributed by atoms with Gasteiger partial charge in [-0.2, -0.15) is 0 Å². The molecule has 7 aromatic rings. The van der Waals surface area contributed by atoms with Gasteiger partial charge in [0.1, 0.15) is 45.6 Å². The number of nitrogens with zero attached hydrogens (tertiary/aromatic N) is 2. The number of nitrogens with one attached hydrogen (secondary N) is 2. The highest BCUT2D eigenvalue weighted by molar-refractivity contribution is 6.39. The van der Waals surface area contributed by atoms with Crippen LogP contribution in [0.15, 0.2) is 224 Å². The third-order valence-electron chi connectivity index (χ3n) is 14.7. The molecule has 0 radical (unpaired) electrons. The van der Waals surface area contributed by atoms with Crippen molar-refractivity contribution >= 4 is 62.2 Å². The minimum absolute atomic E-state index is 0.0326. The molecular weight excluding hydrogens is 825 g/mol. The number of rotatable bonds is 4. The van der Waals surface area contributed by atoms with Crippen LogP contribution in [0.4, 0.5) is 0 Å². The van der Waals surface area contributed by atoms with Crippen molar-refractivity contribution in [2.45, 2.75) is 0 Å². The van der Waals surface area contributed by atoms with Crippen molar-refractivity contribution in [3.63, 3.8) is 0 Å². The van der Waals surface area contributed by atoms with Crippen molar-refractivity contribution in [3.8, 4) is 0 Å². The Morgan fingerprint density at radius 1 is 0.353 bits per heavy atom. The van der Waals surface area contributed by atoms with E-state index in [1.165, 1.54) is 0 Å². The van der Waals surface area contributed by atoms with Crippen LogP contribution >= 0.6 is 0 Å². The summed E-state index contributed by atoms with van der Waals surface area (Å²) in [5, 5.41) is 2.28. The first kappa shape index (κ1) is 40.0. The zero-order chi connectivity index (χ0) is 45.6. The summed E-state index contributed by atoms with van der Waals surface area (Å²) >= 11 is 0. The number of quaternary nitrogens is 2. The van der Waals surface area contributed by atoms with E-state index in [0.29, 0.717) is 0 Å². The molecule has 4 atom stereocenters. The Morgan fingerprint density at radius 2 is 0.750 bits per heavy atom. The van der Waals surface area contributed by atoms with E-state index < -0.39 is 0 Å². The molecule has 4 nitrogen and oxygen atoms in total. The molecule has 13 rings (SSSR count). The first-order valence-electron chi connectivity index (χ1n) is 23.4. The Labute approximate surface area is 398 Å². The third kappa shape index (κ3) is 5.75. The van der Waals surface area contributed by atoms with Crippen molar-refractivity contribution in [1.29, 1.82) is 0 Å². The number of allylic oxidation sites excluding steroid dienone is 6. The van der Waals surface area contributed by atoms with E-state index in [1.807, 2.05) is 0 Å². The Balaban J connectivity index is 1.32. The molecule has 4 unspecified atom stereocenters. The van der Waals surface area contributed by atoms with Crippen molar-refractivity contribution in [2.24, 2.45) is 11.8 Å². The summed E-state index contributed by atoms with van der Waals surface area (Å²) in [6.45, 7) is 0. The molecule has 2 N–H and O–H groups in total. The zero-order valence-electron chi connectivity index (χ0n) is 37.7. The molecule has 0 saturated heterocycles. The maximum atomic E-state index is 5.18. The van der Waals surface area contributed by atoms with Crippen LogP contribution in [0.3, 0.4) is 0 Å². The summed E-state index contributed by atoms with van der Waals surface area (Å²) in [6.07, 6.45) is 9.18. The van der Waals surface area contributed by atoms with Gasteiger partial charge in [-0.3, -0.25) is 0 Å². The topological polar surface area (TPSA) is 14.9 Å². The highest BCUT2D eigenvalue weighted by Gasteiger charge is 2.47. The number of hydrogen-bond acceptors (Lipinski definition) is 0. The van der Waals surface area contributed by atoms with Crippen LogP contribution in [0.5, 0.6) is 0 Å². The van der Waals surface area contributed by atoms with E-state index >= 15 is 0 Å². The highest BCUT2D eigenvalue weighted by atomic mass is 15.2. The van der Waals surface area contributed by atoms with Gasteiger partial charge in [-0.05, 0) is 57.6 Å². The molecule has 0 saturated carbocycles. The first-order chi connectivity index (χ1) is 33.5. The van der Waals surface area contributed by atoms with Gasteiger partial charge in [0, 0.05) is 47.5 Å². The molecule has 68 heavy (non-hydrogen) atoms. The van der Waals surface area contributed by atoms with Crippen LogP contribution in [-0.4, -0.2) is 20.6 Å². The number of hydrogen-bond donors (Lipinski definition) is 2. The number of benzene rings is 7. The van der Waals surface area contributed by atoms with Gasteiger partial charge in [0.25, 0.3) is 0 Å². The van der Waals surface area contributed by atoms with Gasteiger partial charge in [0.2, 0.25) is 0 Å². The highest BCUT2D eigenvalue weighted by Crippen LogP contribution is 2.48. The van der Waals surface area contributed by atoms with Gasteiger partial charge >= 0.3 is 0 Å². The lowest BCUT2D eigenvalue weighted by atomic mass is 9.79. The maximum absolute atomic E-state index is 5.18. The summed E-state index contributed by atoms with van der Waals surface area (Å²) in [7, 11) is 20.6. The Bertz CT molecular complexity index is 3690. The van der Waals surface area contributed by atoms with Gasteiger partial charge < -0.3 is 19.0 Å². The molecule has 0 spiro atoms. The van der Waals surface area contributed by atoms with Crippen LogP contribution < -0.4 is 20.2 Å². The van der Waals surface area contributed by atoms with Crippen molar-refractivity contribution in [3.05, 3.63) is 307 Å². The lowest BCUT2D eigenvalue weighted by molar-refractivity contribution is -0.684. The van der Waals surface area contributed by atoms with Gasteiger partial charge in [-0.25, -0.2) is 0 Å². The second-order valence-electron chi connectivity index (χ2n) is 18.2. The van der Waals surface area contributed by atoms with E-state index in [2.05, 4.69) is 228 Å². The van der Waals surface area contributed by atoms with E-state index in [4.69, 9.17) is 28.2 Å². The largest absolute Gasteiger partial charge is 0.401 e. The normalized spacial score (nSPS) is 21.3. The quantitative estimate of drug-likeness (QED) is 0.130. The average Bonchev–Trinajstić information content (AvgIpc) is 4.05. The predicted octanol–water partition coefficient (Wildman–Crippen LogP) is 8.94. The molecule has 4 heteroatoms. The first-order valence-corrected chi connectivity index (χ1v) is 23.4. The minimum Gasteiger partial charge on any atom is -0.401 e. The fraction of sp³-hybridized carbons (Fsp3) is 0.0312. The summed E-state index contributed by atoms with van der Waals surface area (Å²) < 4.78 is 4.51. The summed E-state index contributed by atoms with van der Waals surface area (Å²) in [6, 6.07) is 70.2.